The summed E-state index contributed by atoms with van der Waals surface area (Å²) in [6.45, 7) is 6.83. The molecule has 4 nitrogen and oxygen atoms in total. The molecule has 2 aromatic carbocycles. The van der Waals surface area contributed by atoms with Gasteiger partial charge in [0.2, 0.25) is 0 Å². The van der Waals surface area contributed by atoms with E-state index in [9.17, 15) is 4.79 Å². The van der Waals surface area contributed by atoms with Crippen molar-refractivity contribution in [2.24, 2.45) is 0 Å². The van der Waals surface area contributed by atoms with Crippen molar-refractivity contribution in [3.05, 3.63) is 59.7 Å². The number of carbonyl (C=O) groups is 1. The molecule has 1 atom stereocenters. The van der Waals surface area contributed by atoms with Gasteiger partial charge in [0.25, 0.3) is 5.91 Å². The van der Waals surface area contributed by atoms with Gasteiger partial charge < -0.3 is 14.8 Å². The third kappa shape index (κ3) is 5.02. The van der Waals surface area contributed by atoms with E-state index in [0.717, 1.165) is 17.1 Å². The molecule has 0 saturated carbocycles. The predicted octanol–water partition coefficient (Wildman–Crippen LogP) is 3.59. The lowest BCUT2D eigenvalue weighted by molar-refractivity contribution is 0.0926. The monoisotopic (exact) mass is 313 g/mol. The number of carbonyl (C=O) groups excluding carboxylic acids is 1. The van der Waals surface area contributed by atoms with Crippen LogP contribution in [0.15, 0.2) is 48.5 Å². The molecule has 1 N–H and O–H groups in total. The zero-order chi connectivity index (χ0) is 16.7. The van der Waals surface area contributed by atoms with Crippen molar-refractivity contribution in [1.29, 1.82) is 0 Å². The number of para-hydroxylation sites is 1. The van der Waals surface area contributed by atoms with E-state index >= 15 is 0 Å². The zero-order valence-electron chi connectivity index (χ0n) is 13.8. The zero-order valence-corrected chi connectivity index (χ0v) is 13.8. The first kappa shape index (κ1) is 16.9. The maximum Gasteiger partial charge on any atom is 0.251 e. The summed E-state index contributed by atoms with van der Waals surface area (Å²) >= 11 is 0. The molecule has 0 spiro atoms. The molecular formula is C19H23NO3. The van der Waals surface area contributed by atoms with Crippen LogP contribution < -0.4 is 14.8 Å². The van der Waals surface area contributed by atoms with Crippen LogP contribution in [0.5, 0.6) is 11.5 Å². The van der Waals surface area contributed by atoms with Crippen molar-refractivity contribution >= 4 is 5.91 Å². The standard InChI is InChI=1S/C19H23NO3/c1-4-22-18-11-10-16(12-14(18)2)19(21)20-15(3)13-23-17-8-6-5-7-9-17/h5-12,15H,4,13H2,1-3H3,(H,20,21)/t15-/m1/s1. The Morgan fingerprint density at radius 3 is 2.52 bits per heavy atom. The van der Waals surface area contributed by atoms with Crippen LogP contribution in [0.1, 0.15) is 29.8 Å². The van der Waals surface area contributed by atoms with E-state index in [1.807, 2.05) is 63.2 Å². The van der Waals surface area contributed by atoms with E-state index in [4.69, 9.17) is 9.47 Å². The summed E-state index contributed by atoms with van der Waals surface area (Å²) in [7, 11) is 0. The Morgan fingerprint density at radius 1 is 1.13 bits per heavy atom. The van der Waals surface area contributed by atoms with Crippen LogP contribution in [0.25, 0.3) is 0 Å². The Morgan fingerprint density at radius 2 is 1.87 bits per heavy atom. The molecule has 2 aromatic rings. The lowest BCUT2D eigenvalue weighted by Gasteiger charge is -2.16. The van der Waals surface area contributed by atoms with Gasteiger partial charge in [-0.25, -0.2) is 0 Å². The van der Waals surface area contributed by atoms with Crippen LogP contribution in [0, 0.1) is 6.92 Å². The summed E-state index contributed by atoms with van der Waals surface area (Å²) < 4.78 is 11.1. The molecule has 0 radical (unpaired) electrons. The second-order valence-corrected chi connectivity index (χ2v) is 5.41. The van der Waals surface area contributed by atoms with Crippen LogP contribution in [-0.4, -0.2) is 25.2 Å². The summed E-state index contributed by atoms with van der Waals surface area (Å²) in [5, 5.41) is 2.94. The van der Waals surface area contributed by atoms with Gasteiger partial charge in [-0.2, -0.15) is 0 Å². The highest BCUT2D eigenvalue weighted by Crippen LogP contribution is 2.19. The largest absolute Gasteiger partial charge is 0.494 e. The smallest absolute Gasteiger partial charge is 0.251 e. The summed E-state index contributed by atoms with van der Waals surface area (Å²) in [4.78, 5) is 12.3. The van der Waals surface area contributed by atoms with E-state index in [1.54, 1.807) is 6.07 Å². The van der Waals surface area contributed by atoms with Crippen molar-refractivity contribution in [2.45, 2.75) is 26.8 Å². The van der Waals surface area contributed by atoms with Crippen molar-refractivity contribution in [2.75, 3.05) is 13.2 Å². The highest BCUT2D eigenvalue weighted by molar-refractivity contribution is 5.94. The Hall–Kier alpha value is -2.49. The van der Waals surface area contributed by atoms with Crippen molar-refractivity contribution in [1.82, 2.24) is 5.32 Å². The molecule has 0 aromatic heterocycles. The summed E-state index contributed by atoms with van der Waals surface area (Å²) in [6.07, 6.45) is 0. The molecular weight excluding hydrogens is 290 g/mol. The molecule has 23 heavy (non-hydrogen) atoms. The van der Waals surface area contributed by atoms with Gasteiger partial charge in [0, 0.05) is 5.56 Å². The topological polar surface area (TPSA) is 47.6 Å². The van der Waals surface area contributed by atoms with Gasteiger partial charge in [-0.3, -0.25) is 4.79 Å². The van der Waals surface area contributed by atoms with Gasteiger partial charge in [0.15, 0.2) is 0 Å². The lowest BCUT2D eigenvalue weighted by atomic mass is 10.1. The molecule has 0 fully saturated rings. The fourth-order valence-electron chi connectivity index (χ4n) is 2.19. The molecule has 2 rings (SSSR count). The van der Waals surface area contributed by atoms with Gasteiger partial charge in [-0.1, -0.05) is 18.2 Å². The Balaban J connectivity index is 1.89. The second kappa shape index (κ2) is 8.22. The maximum atomic E-state index is 12.3. The Bertz CT molecular complexity index is 640. The quantitative estimate of drug-likeness (QED) is 0.850. The van der Waals surface area contributed by atoms with Gasteiger partial charge in [-0.05, 0) is 56.7 Å². The van der Waals surface area contributed by atoms with Crippen molar-refractivity contribution in [3.63, 3.8) is 0 Å². The number of hydrogen-bond acceptors (Lipinski definition) is 3. The molecule has 0 aliphatic rings. The van der Waals surface area contributed by atoms with Crippen LogP contribution in [-0.2, 0) is 0 Å². The average molecular weight is 313 g/mol. The minimum atomic E-state index is -0.111. The third-order valence-corrected chi connectivity index (χ3v) is 3.36. The van der Waals surface area contributed by atoms with Crippen molar-refractivity contribution in [3.8, 4) is 11.5 Å². The summed E-state index contributed by atoms with van der Waals surface area (Å²) in [6, 6.07) is 14.9. The lowest BCUT2D eigenvalue weighted by Crippen LogP contribution is -2.36. The maximum absolute atomic E-state index is 12.3. The number of hydrogen-bond donors (Lipinski definition) is 1. The average Bonchev–Trinajstić information content (AvgIpc) is 2.56. The van der Waals surface area contributed by atoms with Crippen LogP contribution in [0.3, 0.4) is 0 Å². The molecule has 0 heterocycles. The summed E-state index contributed by atoms with van der Waals surface area (Å²) in [5.41, 5.74) is 1.57. The van der Waals surface area contributed by atoms with Crippen LogP contribution in [0.2, 0.25) is 0 Å². The first-order valence-electron chi connectivity index (χ1n) is 7.82. The van der Waals surface area contributed by atoms with Crippen LogP contribution in [0.4, 0.5) is 0 Å². The van der Waals surface area contributed by atoms with Gasteiger partial charge in [0.1, 0.15) is 18.1 Å². The normalized spacial score (nSPS) is 11.6. The molecule has 0 saturated heterocycles. The number of amides is 1. The Kier molecular flexibility index (Phi) is 6.03. The second-order valence-electron chi connectivity index (χ2n) is 5.41. The van der Waals surface area contributed by atoms with Crippen molar-refractivity contribution < 1.29 is 14.3 Å². The molecule has 0 bridgehead atoms. The molecule has 1 amide bonds. The number of nitrogens with one attached hydrogen (secondary N) is 1. The van der Waals surface area contributed by atoms with E-state index < -0.39 is 0 Å². The molecule has 0 aliphatic carbocycles. The number of aryl methyl sites for hydroxylation is 1. The van der Waals surface area contributed by atoms with Crippen LogP contribution >= 0.6 is 0 Å². The highest BCUT2D eigenvalue weighted by Gasteiger charge is 2.12. The third-order valence-electron chi connectivity index (χ3n) is 3.36. The minimum absolute atomic E-state index is 0.0884. The Labute approximate surface area is 137 Å². The molecule has 0 aliphatic heterocycles. The fourth-order valence-corrected chi connectivity index (χ4v) is 2.19. The first-order chi connectivity index (χ1) is 11.1. The van der Waals surface area contributed by atoms with E-state index in [1.165, 1.54) is 0 Å². The number of benzene rings is 2. The van der Waals surface area contributed by atoms with E-state index in [-0.39, 0.29) is 11.9 Å². The first-order valence-corrected chi connectivity index (χ1v) is 7.82. The predicted molar refractivity (Wildman–Crippen MR) is 91.2 cm³/mol. The summed E-state index contributed by atoms with van der Waals surface area (Å²) in [5.74, 6) is 1.50. The van der Waals surface area contributed by atoms with E-state index in [2.05, 4.69) is 5.32 Å². The molecule has 4 heteroatoms. The SMILES string of the molecule is CCOc1ccc(C(=O)N[C@H](C)COc2ccccc2)cc1C. The number of rotatable bonds is 7. The highest BCUT2D eigenvalue weighted by atomic mass is 16.5. The minimum Gasteiger partial charge on any atom is -0.494 e. The van der Waals surface area contributed by atoms with Gasteiger partial charge >= 0.3 is 0 Å². The molecule has 122 valence electrons. The van der Waals surface area contributed by atoms with Gasteiger partial charge in [-0.15, -0.1) is 0 Å². The van der Waals surface area contributed by atoms with Gasteiger partial charge in [0.05, 0.1) is 12.6 Å². The molecule has 0 unspecified atom stereocenters. The fraction of sp³-hybridized carbons (Fsp3) is 0.316. The number of ether oxygens (including phenoxy) is 2. The van der Waals surface area contributed by atoms with E-state index in [0.29, 0.717) is 18.8 Å².